The standard InChI is InChI=1S/C22H35N5O2S/c1-16(2)27(17(3)4)10-8-23-21(28)18-5-6-19-20(15-18)30-22(25-19)24-7-9-26-11-13-29-14-12-26/h5-6,15-17H,7-14H2,1-4H3,(H,23,28)(H,24,25). The zero-order valence-corrected chi connectivity index (χ0v) is 19.4. The van der Waals surface area contributed by atoms with Crippen LogP contribution >= 0.6 is 11.3 Å². The van der Waals surface area contributed by atoms with Gasteiger partial charge < -0.3 is 15.4 Å². The maximum absolute atomic E-state index is 12.6. The van der Waals surface area contributed by atoms with Gasteiger partial charge in [0.1, 0.15) is 0 Å². The maximum Gasteiger partial charge on any atom is 0.251 e. The third-order valence-electron chi connectivity index (χ3n) is 5.44. The van der Waals surface area contributed by atoms with Gasteiger partial charge in [-0.25, -0.2) is 4.98 Å². The predicted octanol–water partition coefficient (Wildman–Crippen LogP) is 2.89. The molecule has 0 radical (unpaired) electrons. The lowest BCUT2D eigenvalue weighted by molar-refractivity contribution is 0.0398. The highest BCUT2D eigenvalue weighted by atomic mass is 32.1. The van der Waals surface area contributed by atoms with Gasteiger partial charge in [0.2, 0.25) is 0 Å². The van der Waals surface area contributed by atoms with Crippen LogP contribution in [0.1, 0.15) is 38.1 Å². The highest BCUT2D eigenvalue weighted by Crippen LogP contribution is 2.26. The molecule has 30 heavy (non-hydrogen) atoms. The van der Waals surface area contributed by atoms with Crippen LogP contribution < -0.4 is 10.6 Å². The summed E-state index contributed by atoms with van der Waals surface area (Å²) >= 11 is 1.60. The third kappa shape index (κ3) is 6.38. The fourth-order valence-corrected chi connectivity index (χ4v) is 4.73. The molecule has 3 rings (SSSR count). The minimum absolute atomic E-state index is 0.0282. The van der Waals surface area contributed by atoms with Crippen LogP contribution in [-0.2, 0) is 4.74 Å². The molecule has 1 amide bonds. The van der Waals surface area contributed by atoms with Crippen LogP contribution in [-0.4, -0.2) is 85.3 Å². The summed E-state index contributed by atoms with van der Waals surface area (Å²) in [5.41, 5.74) is 1.61. The number of hydrogen-bond acceptors (Lipinski definition) is 7. The Morgan fingerprint density at radius 1 is 1.20 bits per heavy atom. The van der Waals surface area contributed by atoms with Crippen molar-refractivity contribution in [3.05, 3.63) is 23.8 Å². The fourth-order valence-electron chi connectivity index (χ4n) is 3.80. The molecule has 1 aliphatic heterocycles. The van der Waals surface area contributed by atoms with Crippen LogP contribution in [0.4, 0.5) is 5.13 Å². The first-order chi connectivity index (χ1) is 14.4. The lowest BCUT2D eigenvalue weighted by Crippen LogP contribution is -2.42. The van der Waals surface area contributed by atoms with E-state index in [-0.39, 0.29) is 5.91 Å². The number of benzene rings is 1. The van der Waals surface area contributed by atoms with Crippen molar-refractivity contribution in [1.29, 1.82) is 0 Å². The zero-order chi connectivity index (χ0) is 21.5. The molecule has 2 aromatic rings. The Balaban J connectivity index is 1.51. The van der Waals surface area contributed by atoms with Gasteiger partial charge in [-0.2, -0.15) is 0 Å². The topological polar surface area (TPSA) is 69.7 Å². The fraction of sp³-hybridized carbons (Fsp3) is 0.636. The summed E-state index contributed by atoms with van der Waals surface area (Å²) in [4.78, 5) is 22.0. The minimum atomic E-state index is -0.0282. The molecule has 0 atom stereocenters. The number of fused-ring (bicyclic) bond motifs is 1. The molecule has 1 aromatic heterocycles. The third-order valence-corrected chi connectivity index (χ3v) is 6.42. The van der Waals surface area contributed by atoms with Gasteiger partial charge in [-0.05, 0) is 45.9 Å². The van der Waals surface area contributed by atoms with Crippen molar-refractivity contribution in [3.63, 3.8) is 0 Å². The number of aromatic nitrogens is 1. The Kier molecular flexibility index (Phi) is 8.44. The summed E-state index contributed by atoms with van der Waals surface area (Å²) in [6.07, 6.45) is 0. The number of hydrogen-bond donors (Lipinski definition) is 2. The molecule has 1 saturated heterocycles. The monoisotopic (exact) mass is 433 g/mol. The number of thiazole rings is 1. The Labute approximate surface area is 183 Å². The van der Waals surface area contributed by atoms with Crippen LogP contribution in [0.15, 0.2) is 18.2 Å². The number of nitrogens with zero attached hydrogens (tertiary/aromatic N) is 3. The van der Waals surface area contributed by atoms with Gasteiger partial charge in [0, 0.05) is 56.9 Å². The lowest BCUT2D eigenvalue weighted by atomic mass is 10.2. The smallest absolute Gasteiger partial charge is 0.251 e. The summed E-state index contributed by atoms with van der Waals surface area (Å²) < 4.78 is 6.41. The molecule has 1 fully saturated rings. The molecule has 8 heteroatoms. The SMILES string of the molecule is CC(C)N(CCNC(=O)c1ccc2nc(NCCN3CCOCC3)sc2c1)C(C)C. The van der Waals surface area contributed by atoms with E-state index in [9.17, 15) is 4.79 Å². The molecule has 2 N–H and O–H groups in total. The van der Waals surface area contributed by atoms with E-state index in [1.807, 2.05) is 18.2 Å². The molecular weight excluding hydrogens is 398 g/mol. The molecule has 0 bridgehead atoms. The number of rotatable bonds is 10. The first kappa shape index (κ1) is 22.9. The molecule has 166 valence electrons. The Morgan fingerprint density at radius 3 is 2.63 bits per heavy atom. The summed E-state index contributed by atoms with van der Waals surface area (Å²) in [5, 5.41) is 7.37. The number of carbonyl (C=O) groups is 1. The summed E-state index contributed by atoms with van der Waals surface area (Å²) in [6, 6.07) is 6.66. The largest absolute Gasteiger partial charge is 0.379 e. The van der Waals surface area contributed by atoms with Crippen molar-refractivity contribution in [2.24, 2.45) is 0 Å². The zero-order valence-electron chi connectivity index (χ0n) is 18.6. The quantitative estimate of drug-likeness (QED) is 0.600. The number of amides is 1. The summed E-state index contributed by atoms with van der Waals surface area (Å²) in [5.74, 6) is -0.0282. The second kappa shape index (κ2) is 11.0. The molecule has 1 aliphatic rings. The Morgan fingerprint density at radius 2 is 1.93 bits per heavy atom. The average molecular weight is 434 g/mol. The Bertz CT molecular complexity index is 809. The van der Waals surface area contributed by atoms with E-state index in [0.29, 0.717) is 24.2 Å². The molecule has 7 nitrogen and oxygen atoms in total. The molecule has 0 aliphatic carbocycles. The van der Waals surface area contributed by atoms with E-state index in [2.05, 4.69) is 53.1 Å². The molecule has 0 saturated carbocycles. The van der Waals surface area contributed by atoms with E-state index in [1.165, 1.54) is 0 Å². The molecular formula is C22H35N5O2S. The molecule has 1 aromatic carbocycles. The number of carbonyl (C=O) groups excluding carboxylic acids is 1. The highest BCUT2D eigenvalue weighted by molar-refractivity contribution is 7.22. The van der Waals surface area contributed by atoms with Gasteiger partial charge >= 0.3 is 0 Å². The van der Waals surface area contributed by atoms with Crippen LogP contribution in [0.3, 0.4) is 0 Å². The number of nitrogens with one attached hydrogen (secondary N) is 2. The molecule has 2 heterocycles. The summed E-state index contributed by atoms with van der Waals surface area (Å²) in [6.45, 7) is 15.7. The van der Waals surface area contributed by atoms with Gasteiger partial charge in [-0.15, -0.1) is 0 Å². The minimum Gasteiger partial charge on any atom is -0.379 e. The van der Waals surface area contributed by atoms with E-state index >= 15 is 0 Å². The van der Waals surface area contributed by atoms with Crippen LogP contribution in [0, 0.1) is 0 Å². The van der Waals surface area contributed by atoms with E-state index in [4.69, 9.17) is 4.74 Å². The first-order valence-electron chi connectivity index (χ1n) is 10.9. The number of morpholine rings is 1. The number of ether oxygens (including phenoxy) is 1. The summed E-state index contributed by atoms with van der Waals surface area (Å²) in [7, 11) is 0. The molecule has 0 unspecified atom stereocenters. The van der Waals surface area contributed by atoms with E-state index in [0.717, 1.165) is 61.3 Å². The normalized spacial score (nSPS) is 15.4. The first-order valence-corrected chi connectivity index (χ1v) is 11.7. The van der Waals surface area contributed by atoms with Crippen LogP contribution in [0.2, 0.25) is 0 Å². The predicted molar refractivity (Wildman–Crippen MR) is 125 cm³/mol. The second-order valence-electron chi connectivity index (χ2n) is 8.26. The van der Waals surface area contributed by atoms with E-state index in [1.54, 1.807) is 11.3 Å². The van der Waals surface area contributed by atoms with Crippen molar-refractivity contribution in [1.82, 2.24) is 20.1 Å². The Hall–Kier alpha value is -1.74. The maximum atomic E-state index is 12.6. The van der Waals surface area contributed by atoms with Crippen LogP contribution in [0.25, 0.3) is 10.2 Å². The van der Waals surface area contributed by atoms with Crippen molar-refractivity contribution >= 4 is 32.6 Å². The van der Waals surface area contributed by atoms with Crippen LogP contribution in [0.5, 0.6) is 0 Å². The second-order valence-corrected chi connectivity index (χ2v) is 9.29. The van der Waals surface area contributed by atoms with Crippen molar-refractivity contribution in [2.45, 2.75) is 39.8 Å². The van der Waals surface area contributed by atoms with Gasteiger partial charge in [-0.3, -0.25) is 14.6 Å². The van der Waals surface area contributed by atoms with Gasteiger partial charge in [0.15, 0.2) is 5.13 Å². The van der Waals surface area contributed by atoms with Gasteiger partial charge in [-0.1, -0.05) is 11.3 Å². The van der Waals surface area contributed by atoms with Crippen molar-refractivity contribution < 1.29 is 9.53 Å². The van der Waals surface area contributed by atoms with Gasteiger partial charge in [0.05, 0.1) is 23.4 Å². The van der Waals surface area contributed by atoms with E-state index < -0.39 is 0 Å². The van der Waals surface area contributed by atoms with Crippen molar-refractivity contribution in [2.75, 3.05) is 57.8 Å². The lowest BCUT2D eigenvalue weighted by Gasteiger charge is -2.30. The number of anilines is 1. The van der Waals surface area contributed by atoms with Crippen molar-refractivity contribution in [3.8, 4) is 0 Å². The molecule has 0 spiro atoms. The van der Waals surface area contributed by atoms with Gasteiger partial charge in [0.25, 0.3) is 5.91 Å². The average Bonchev–Trinajstić information content (AvgIpc) is 3.13. The highest BCUT2D eigenvalue weighted by Gasteiger charge is 2.14.